The fourth-order valence-corrected chi connectivity index (χ4v) is 2.07. The third-order valence-corrected chi connectivity index (χ3v) is 3.03. The number of carbonyl (C=O) groups excluding carboxylic acids is 1. The lowest BCUT2D eigenvalue weighted by atomic mass is 10.2. The maximum absolute atomic E-state index is 13.6. The molecule has 2 aromatic rings. The molecule has 1 heterocycles. The fraction of sp³-hybridized carbons (Fsp3) is 0.154. The molecule has 0 aliphatic rings. The summed E-state index contributed by atoms with van der Waals surface area (Å²) in [6.07, 6.45) is 1.59. The van der Waals surface area contributed by atoms with Crippen LogP contribution in [0.3, 0.4) is 0 Å². The first-order valence-corrected chi connectivity index (χ1v) is 6.21. The summed E-state index contributed by atoms with van der Waals surface area (Å²) in [5.74, 6) is -2.33. The van der Waals surface area contributed by atoms with Gasteiger partial charge in [0.2, 0.25) is 0 Å². The number of nitrogens with one attached hydrogen (secondary N) is 1. The molecule has 1 aromatic heterocycles. The number of aryl methyl sites for hydroxylation is 1. The van der Waals surface area contributed by atoms with Crippen molar-refractivity contribution in [3.05, 3.63) is 46.7 Å². The van der Waals surface area contributed by atoms with Crippen LogP contribution >= 0.6 is 11.6 Å². The van der Waals surface area contributed by atoms with Crippen LogP contribution in [0.2, 0.25) is 5.02 Å². The molecule has 0 saturated heterocycles. The van der Waals surface area contributed by atoms with Crippen molar-refractivity contribution < 1.29 is 13.6 Å². The summed E-state index contributed by atoms with van der Waals surface area (Å²) >= 11 is 5.72. The largest absolute Gasteiger partial charge is 0.397 e. The Balaban J connectivity index is 2.32. The molecule has 3 N–H and O–H groups in total. The molecule has 0 spiro atoms. The highest BCUT2D eigenvalue weighted by molar-refractivity contribution is 6.34. The second-order valence-corrected chi connectivity index (χ2v) is 4.55. The summed E-state index contributed by atoms with van der Waals surface area (Å²) in [5, 5.41) is 2.11. The number of carbonyl (C=O) groups is 1. The zero-order chi connectivity index (χ0) is 14.9. The fourth-order valence-electron chi connectivity index (χ4n) is 1.82. The average molecular weight is 300 g/mol. The van der Waals surface area contributed by atoms with Crippen molar-refractivity contribution in [3.63, 3.8) is 0 Å². The Bertz CT molecular complexity index is 647. The van der Waals surface area contributed by atoms with Gasteiger partial charge in [0.25, 0.3) is 5.91 Å². The molecule has 0 atom stereocenters. The van der Waals surface area contributed by atoms with Crippen LogP contribution in [-0.4, -0.2) is 10.5 Å². The van der Waals surface area contributed by atoms with Gasteiger partial charge in [-0.05, 0) is 19.1 Å². The molecular formula is C13H12ClF2N3O. The summed E-state index contributed by atoms with van der Waals surface area (Å²) in [7, 11) is 0. The molecule has 0 fully saturated rings. The smallest absolute Gasteiger partial charge is 0.272 e. The van der Waals surface area contributed by atoms with Gasteiger partial charge in [-0.25, -0.2) is 8.78 Å². The van der Waals surface area contributed by atoms with Gasteiger partial charge in [-0.3, -0.25) is 4.79 Å². The van der Waals surface area contributed by atoms with Crippen LogP contribution in [0.5, 0.6) is 0 Å². The lowest BCUT2D eigenvalue weighted by Gasteiger charge is -2.10. The Labute approximate surface area is 119 Å². The lowest BCUT2D eigenvalue weighted by molar-refractivity contribution is 0.101. The Kier molecular flexibility index (Phi) is 3.94. The van der Waals surface area contributed by atoms with E-state index in [0.29, 0.717) is 18.3 Å². The van der Waals surface area contributed by atoms with Gasteiger partial charge in [-0.1, -0.05) is 11.6 Å². The van der Waals surface area contributed by atoms with Crippen LogP contribution in [0.15, 0.2) is 24.4 Å². The number of benzene rings is 1. The summed E-state index contributed by atoms with van der Waals surface area (Å²) in [6.45, 7) is 2.36. The molecule has 0 bridgehead atoms. The van der Waals surface area contributed by atoms with E-state index in [2.05, 4.69) is 5.32 Å². The predicted octanol–water partition coefficient (Wildman–Crippen LogP) is 3.27. The summed E-state index contributed by atoms with van der Waals surface area (Å²) in [6, 6.07) is 3.04. The van der Waals surface area contributed by atoms with E-state index in [4.69, 9.17) is 17.3 Å². The Morgan fingerprint density at radius 1 is 1.40 bits per heavy atom. The van der Waals surface area contributed by atoms with E-state index in [1.54, 1.807) is 10.8 Å². The molecule has 106 valence electrons. The Morgan fingerprint density at radius 2 is 2.10 bits per heavy atom. The number of amides is 1. The zero-order valence-electron chi connectivity index (χ0n) is 10.6. The minimum Gasteiger partial charge on any atom is -0.397 e. The lowest BCUT2D eigenvalue weighted by Crippen LogP contribution is -2.17. The van der Waals surface area contributed by atoms with Gasteiger partial charge >= 0.3 is 0 Å². The second-order valence-electron chi connectivity index (χ2n) is 4.14. The maximum Gasteiger partial charge on any atom is 0.272 e. The molecule has 4 nitrogen and oxygen atoms in total. The van der Waals surface area contributed by atoms with Crippen molar-refractivity contribution in [1.29, 1.82) is 0 Å². The van der Waals surface area contributed by atoms with Crippen LogP contribution in [-0.2, 0) is 6.54 Å². The van der Waals surface area contributed by atoms with Gasteiger partial charge in [-0.2, -0.15) is 0 Å². The first kappa shape index (κ1) is 14.3. The van der Waals surface area contributed by atoms with Crippen LogP contribution in [0.25, 0.3) is 0 Å². The number of nitrogens with zero attached hydrogens (tertiary/aromatic N) is 1. The highest BCUT2D eigenvalue weighted by atomic mass is 35.5. The van der Waals surface area contributed by atoms with Crippen molar-refractivity contribution >= 4 is 28.9 Å². The number of hydrogen-bond donors (Lipinski definition) is 2. The topological polar surface area (TPSA) is 60.0 Å². The zero-order valence-corrected chi connectivity index (χ0v) is 11.3. The Hall–Kier alpha value is -2.08. The number of halogens is 3. The van der Waals surface area contributed by atoms with Crippen molar-refractivity contribution in [2.45, 2.75) is 13.5 Å². The highest BCUT2D eigenvalue weighted by Crippen LogP contribution is 2.27. The van der Waals surface area contributed by atoms with E-state index in [9.17, 15) is 13.6 Å². The quantitative estimate of drug-likeness (QED) is 0.914. The van der Waals surface area contributed by atoms with Gasteiger partial charge in [0.15, 0.2) is 5.82 Å². The molecule has 20 heavy (non-hydrogen) atoms. The predicted molar refractivity (Wildman–Crippen MR) is 73.8 cm³/mol. The molecule has 0 aliphatic carbocycles. The van der Waals surface area contributed by atoms with E-state index in [0.717, 1.165) is 6.07 Å². The van der Waals surface area contributed by atoms with Crippen LogP contribution < -0.4 is 11.1 Å². The van der Waals surface area contributed by atoms with Crippen molar-refractivity contribution in [2.24, 2.45) is 0 Å². The number of hydrogen-bond acceptors (Lipinski definition) is 2. The molecule has 0 aliphatic heterocycles. The first-order chi connectivity index (χ1) is 9.42. The van der Waals surface area contributed by atoms with Gasteiger partial charge in [-0.15, -0.1) is 0 Å². The van der Waals surface area contributed by atoms with Crippen molar-refractivity contribution in [2.75, 3.05) is 11.1 Å². The molecule has 7 heteroatoms. The summed E-state index contributed by atoms with van der Waals surface area (Å²) in [4.78, 5) is 12.1. The van der Waals surface area contributed by atoms with E-state index in [1.807, 2.05) is 6.92 Å². The van der Waals surface area contributed by atoms with Crippen molar-refractivity contribution in [1.82, 2.24) is 4.57 Å². The average Bonchev–Trinajstić information content (AvgIpc) is 2.75. The number of rotatable bonds is 3. The molecule has 0 radical (unpaired) electrons. The van der Waals surface area contributed by atoms with E-state index in [-0.39, 0.29) is 16.4 Å². The van der Waals surface area contributed by atoms with Crippen molar-refractivity contribution in [3.8, 4) is 0 Å². The third kappa shape index (κ3) is 2.75. The first-order valence-electron chi connectivity index (χ1n) is 5.84. The molecule has 1 aromatic carbocycles. The minimum atomic E-state index is -0.939. The molecule has 1 amide bonds. The number of nitrogens with two attached hydrogens (primary N) is 1. The van der Waals surface area contributed by atoms with Gasteiger partial charge < -0.3 is 15.6 Å². The molecular weight excluding hydrogens is 288 g/mol. The van der Waals surface area contributed by atoms with E-state index < -0.39 is 17.5 Å². The number of anilines is 2. The maximum atomic E-state index is 13.6. The SMILES string of the molecule is CCn1cc(N)cc1C(=O)Nc1c(F)cc(F)cc1Cl. The molecule has 2 rings (SSSR count). The highest BCUT2D eigenvalue weighted by Gasteiger charge is 2.17. The monoisotopic (exact) mass is 299 g/mol. The standard InChI is InChI=1S/C13H12ClF2N3O/c1-2-19-6-8(17)5-11(19)13(20)18-12-9(14)3-7(15)4-10(12)16/h3-6H,2,17H2,1H3,(H,18,20). The van der Waals surface area contributed by atoms with Crippen LogP contribution in [0.4, 0.5) is 20.2 Å². The molecule has 0 unspecified atom stereocenters. The van der Waals surface area contributed by atoms with Gasteiger partial charge in [0, 0.05) is 18.8 Å². The summed E-state index contributed by atoms with van der Waals surface area (Å²) < 4.78 is 28.1. The number of aromatic nitrogens is 1. The van der Waals surface area contributed by atoms with E-state index >= 15 is 0 Å². The summed E-state index contributed by atoms with van der Waals surface area (Å²) in [5.41, 5.74) is 6.04. The van der Waals surface area contributed by atoms with Crippen LogP contribution in [0, 0.1) is 11.6 Å². The third-order valence-electron chi connectivity index (χ3n) is 2.74. The number of nitrogen functional groups attached to an aromatic ring is 1. The molecule has 0 saturated carbocycles. The minimum absolute atomic E-state index is 0.210. The second kappa shape index (κ2) is 5.50. The van der Waals surface area contributed by atoms with E-state index in [1.165, 1.54) is 6.07 Å². The Morgan fingerprint density at radius 3 is 2.70 bits per heavy atom. The normalized spacial score (nSPS) is 10.6. The van der Waals surface area contributed by atoms with Crippen LogP contribution in [0.1, 0.15) is 17.4 Å². The van der Waals surface area contributed by atoms with Gasteiger partial charge in [0.1, 0.15) is 11.5 Å². The van der Waals surface area contributed by atoms with Gasteiger partial charge in [0.05, 0.1) is 16.4 Å².